The molecule has 27 heavy (non-hydrogen) atoms. The van der Waals surface area contributed by atoms with E-state index in [1.165, 1.54) is 0 Å². The SMILES string of the molecule is O=C(Nc1ccc(Nc2ccccc2)cc1)C1CNNC1c1ccccc1. The first-order valence-electron chi connectivity index (χ1n) is 9.06. The van der Waals surface area contributed by atoms with Gasteiger partial charge in [-0.25, -0.2) is 5.43 Å². The van der Waals surface area contributed by atoms with Crippen molar-refractivity contribution < 1.29 is 4.79 Å². The molecule has 5 heteroatoms. The van der Waals surface area contributed by atoms with E-state index in [4.69, 9.17) is 0 Å². The molecule has 1 amide bonds. The average Bonchev–Trinajstić information content (AvgIpc) is 3.21. The van der Waals surface area contributed by atoms with Gasteiger partial charge in [-0.2, -0.15) is 0 Å². The second-order valence-electron chi connectivity index (χ2n) is 6.58. The lowest BCUT2D eigenvalue weighted by atomic mass is 9.94. The molecule has 5 nitrogen and oxygen atoms in total. The van der Waals surface area contributed by atoms with Crippen LogP contribution in [0.15, 0.2) is 84.9 Å². The molecule has 1 aliphatic rings. The predicted molar refractivity (Wildman–Crippen MR) is 109 cm³/mol. The fourth-order valence-electron chi connectivity index (χ4n) is 3.28. The third-order valence-electron chi connectivity index (χ3n) is 4.69. The largest absolute Gasteiger partial charge is 0.356 e. The van der Waals surface area contributed by atoms with Crippen molar-refractivity contribution in [2.75, 3.05) is 17.2 Å². The summed E-state index contributed by atoms with van der Waals surface area (Å²) >= 11 is 0. The van der Waals surface area contributed by atoms with Crippen LogP contribution in [0, 0.1) is 5.92 Å². The zero-order chi connectivity index (χ0) is 18.5. The number of para-hydroxylation sites is 1. The summed E-state index contributed by atoms with van der Waals surface area (Å²) < 4.78 is 0. The Morgan fingerprint density at radius 3 is 2.07 bits per heavy atom. The zero-order valence-electron chi connectivity index (χ0n) is 14.9. The molecule has 1 heterocycles. The van der Waals surface area contributed by atoms with Crippen LogP contribution in [-0.4, -0.2) is 12.5 Å². The number of carbonyl (C=O) groups is 1. The van der Waals surface area contributed by atoms with Crippen molar-refractivity contribution in [3.8, 4) is 0 Å². The molecule has 4 rings (SSSR count). The molecule has 0 bridgehead atoms. The number of benzene rings is 3. The molecule has 136 valence electrons. The number of hydrogen-bond donors (Lipinski definition) is 4. The van der Waals surface area contributed by atoms with Crippen molar-refractivity contribution in [2.45, 2.75) is 6.04 Å². The van der Waals surface area contributed by atoms with Crippen LogP contribution in [0.5, 0.6) is 0 Å². The Kier molecular flexibility index (Phi) is 5.14. The van der Waals surface area contributed by atoms with E-state index in [0.29, 0.717) is 6.54 Å². The first-order chi connectivity index (χ1) is 13.3. The normalized spacial score (nSPS) is 18.8. The monoisotopic (exact) mass is 358 g/mol. The molecule has 2 unspecified atom stereocenters. The molecule has 2 atom stereocenters. The number of rotatable bonds is 5. The number of amides is 1. The smallest absolute Gasteiger partial charge is 0.230 e. The summed E-state index contributed by atoms with van der Waals surface area (Å²) in [6.45, 7) is 0.596. The summed E-state index contributed by atoms with van der Waals surface area (Å²) in [7, 11) is 0. The maximum Gasteiger partial charge on any atom is 0.230 e. The summed E-state index contributed by atoms with van der Waals surface area (Å²) in [5.41, 5.74) is 10.2. The van der Waals surface area contributed by atoms with E-state index < -0.39 is 0 Å². The van der Waals surface area contributed by atoms with Crippen LogP contribution in [0.25, 0.3) is 0 Å². The van der Waals surface area contributed by atoms with Crippen LogP contribution in [0.3, 0.4) is 0 Å². The molecule has 0 aromatic heterocycles. The van der Waals surface area contributed by atoms with Gasteiger partial charge in [0.1, 0.15) is 0 Å². The van der Waals surface area contributed by atoms with Crippen LogP contribution >= 0.6 is 0 Å². The average molecular weight is 358 g/mol. The van der Waals surface area contributed by atoms with Gasteiger partial charge in [-0.15, -0.1) is 0 Å². The highest BCUT2D eigenvalue weighted by Gasteiger charge is 2.33. The molecule has 1 aliphatic heterocycles. The van der Waals surface area contributed by atoms with Gasteiger partial charge in [0.05, 0.1) is 12.0 Å². The summed E-state index contributed by atoms with van der Waals surface area (Å²) in [5, 5.41) is 6.36. The Labute approximate surface area is 158 Å². The summed E-state index contributed by atoms with van der Waals surface area (Å²) in [4.78, 5) is 12.8. The fourth-order valence-corrected chi connectivity index (χ4v) is 3.28. The summed E-state index contributed by atoms with van der Waals surface area (Å²) in [5.74, 6) is -0.167. The molecule has 0 aliphatic carbocycles. The van der Waals surface area contributed by atoms with E-state index in [1.54, 1.807) is 0 Å². The van der Waals surface area contributed by atoms with Crippen molar-refractivity contribution in [1.29, 1.82) is 0 Å². The number of hydrogen-bond acceptors (Lipinski definition) is 4. The zero-order valence-corrected chi connectivity index (χ0v) is 14.9. The maximum atomic E-state index is 12.8. The molecule has 0 spiro atoms. The minimum atomic E-state index is -0.172. The molecule has 0 radical (unpaired) electrons. The first-order valence-corrected chi connectivity index (χ1v) is 9.06. The number of anilines is 3. The second kappa shape index (κ2) is 8.03. The van der Waals surface area contributed by atoms with Gasteiger partial charge in [-0.05, 0) is 42.0 Å². The number of nitrogens with one attached hydrogen (secondary N) is 4. The minimum absolute atomic E-state index is 0.00474. The Balaban J connectivity index is 1.40. The third kappa shape index (κ3) is 4.16. The van der Waals surface area contributed by atoms with Crippen LogP contribution in [0.1, 0.15) is 11.6 Å². The highest BCUT2D eigenvalue weighted by atomic mass is 16.2. The van der Waals surface area contributed by atoms with Gasteiger partial charge in [-0.1, -0.05) is 48.5 Å². The van der Waals surface area contributed by atoms with Crippen LogP contribution in [0.2, 0.25) is 0 Å². The highest BCUT2D eigenvalue weighted by molar-refractivity contribution is 5.93. The van der Waals surface area contributed by atoms with Gasteiger partial charge in [0.2, 0.25) is 5.91 Å². The second-order valence-corrected chi connectivity index (χ2v) is 6.58. The van der Waals surface area contributed by atoms with Gasteiger partial charge in [0.15, 0.2) is 0 Å². The molecule has 3 aromatic rings. The molecule has 3 aromatic carbocycles. The lowest BCUT2D eigenvalue weighted by Gasteiger charge is -2.18. The van der Waals surface area contributed by atoms with Gasteiger partial charge < -0.3 is 10.6 Å². The van der Waals surface area contributed by atoms with E-state index in [-0.39, 0.29) is 17.9 Å². The van der Waals surface area contributed by atoms with E-state index in [9.17, 15) is 4.79 Å². The standard InChI is InChI=1S/C22H22N4O/c27-22(20-15-23-26-21(20)16-7-3-1-4-8-16)25-19-13-11-18(12-14-19)24-17-9-5-2-6-10-17/h1-14,20-21,23-24,26H,15H2,(H,25,27). The van der Waals surface area contributed by atoms with Crippen molar-refractivity contribution >= 4 is 23.0 Å². The van der Waals surface area contributed by atoms with Crippen molar-refractivity contribution in [3.05, 3.63) is 90.5 Å². The molecule has 4 N–H and O–H groups in total. The number of carbonyl (C=O) groups excluding carboxylic acids is 1. The Morgan fingerprint density at radius 2 is 1.37 bits per heavy atom. The van der Waals surface area contributed by atoms with Crippen molar-refractivity contribution in [2.24, 2.45) is 5.92 Å². The van der Waals surface area contributed by atoms with Crippen molar-refractivity contribution in [1.82, 2.24) is 10.9 Å². The molecular weight excluding hydrogens is 336 g/mol. The lowest BCUT2D eigenvalue weighted by molar-refractivity contribution is -0.119. The molecule has 1 fully saturated rings. The van der Waals surface area contributed by atoms with Crippen LogP contribution < -0.4 is 21.5 Å². The van der Waals surface area contributed by atoms with E-state index in [1.807, 2.05) is 84.9 Å². The van der Waals surface area contributed by atoms with Gasteiger partial charge >= 0.3 is 0 Å². The quantitative estimate of drug-likeness (QED) is 0.560. The number of hydrazine groups is 1. The molecule has 0 saturated carbocycles. The van der Waals surface area contributed by atoms with Crippen molar-refractivity contribution in [3.63, 3.8) is 0 Å². The Bertz CT molecular complexity index is 881. The lowest BCUT2D eigenvalue weighted by Crippen LogP contribution is -2.29. The van der Waals surface area contributed by atoms with E-state index >= 15 is 0 Å². The van der Waals surface area contributed by atoms with Gasteiger partial charge in [0, 0.05) is 23.6 Å². The topological polar surface area (TPSA) is 65.2 Å². The Hall–Kier alpha value is -3.15. The van der Waals surface area contributed by atoms with Crippen LogP contribution in [-0.2, 0) is 4.79 Å². The Morgan fingerprint density at radius 1 is 0.778 bits per heavy atom. The highest BCUT2D eigenvalue weighted by Crippen LogP contribution is 2.26. The minimum Gasteiger partial charge on any atom is -0.356 e. The van der Waals surface area contributed by atoms with Gasteiger partial charge in [-0.3, -0.25) is 10.2 Å². The molecular formula is C22H22N4O. The fraction of sp³-hybridized carbons (Fsp3) is 0.136. The van der Waals surface area contributed by atoms with E-state index in [2.05, 4.69) is 21.5 Å². The predicted octanol–water partition coefficient (Wildman–Crippen LogP) is 3.83. The summed E-state index contributed by atoms with van der Waals surface area (Å²) in [6, 6.07) is 27.7. The summed E-state index contributed by atoms with van der Waals surface area (Å²) in [6.07, 6.45) is 0. The van der Waals surface area contributed by atoms with Gasteiger partial charge in [0.25, 0.3) is 0 Å². The van der Waals surface area contributed by atoms with Crippen LogP contribution in [0.4, 0.5) is 17.1 Å². The molecule has 1 saturated heterocycles. The van der Waals surface area contributed by atoms with E-state index in [0.717, 1.165) is 22.6 Å². The maximum absolute atomic E-state index is 12.8. The third-order valence-corrected chi connectivity index (χ3v) is 4.69. The first kappa shape index (κ1) is 17.3.